The number of hydrazone groups is 1. The third-order valence-corrected chi connectivity index (χ3v) is 4.51. The number of nitrogens with one attached hydrogen (secondary N) is 2. The smallest absolute Gasteiger partial charge is 0.269 e. The summed E-state index contributed by atoms with van der Waals surface area (Å²) >= 11 is 0. The SMILES string of the molecule is CCOc1cc(/C=N\NC(=O)CNc2ccc(F)cc2)ccc1OCc1ccc([N+](=O)[O-])cc1. The van der Waals surface area contributed by atoms with Crippen molar-refractivity contribution in [2.45, 2.75) is 13.5 Å². The number of ether oxygens (including phenoxy) is 2. The summed E-state index contributed by atoms with van der Waals surface area (Å²) in [5.74, 6) is 0.282. The van der Waals surface area contributed by atoms with Crippen molar-refractivity contribution in [2.24, 2.45) is 5.10 Å². The number of carbonyl (C=O) groups is 1. The minimum Gasteiger partial charge on any atom is -0.490 e. The number of hydrogen-bond acceptors (Lipinski definition) is 7. The van der Waals surface area contributed by atoms with Gasteiger partial charge in [-0.15, -0.1) is 0 Å². The van der Waals surface area contributed by atoms with Gasteiger partial charge in [0, 0.05) is 17.8 Å². The summed E-state index contributed by atoms with van der Waals surface area (Å²) in [6, 6.07) is 17.0. The van der Waals surface area contributed by atoms with E-state index in [1.807, 2.05) is 6.92 Å². The predicted octanol–water partition coefficient (Wildman–Crippen LogP) is 4.27. The number of non-ortho nitro benzene ring substituents is 1. The summed E-state index contributed by atoms with van der Waals surface area (Å²) in [6.45, 7) is 2.45. The van der Waals surface area contributed by atoms with Crippen molar-refractivity contribution >= 4 is 23.5 Å². The van der Waals surface area contributed by atoms with Crippen LogP contribution < -0.4 is 20.2 Å². The molecule has 1 amide bonds. The molecule has 0 aromatic heterocycles. The highest BCUT2D eigenvalue weighted by Gasteiger charge is 2.08. The zero-order valence-corrected chi connectivity index (χ0v) is 18.4. The molecule has 0 aliphatic carbocycles. The fourth-order valence-electron chi connectivity index (χ4n) is 2.84. The molecule has 0 fully saturated rings. The number of nitro groups is 1. The van der Waals surface area contributed by atoms with E-state index in [0.717, 1.165) is 5.56 Å². The van der Waals surface area contributed by atoms with E-state index in [9.17, 15) is 19.3 Å². The van der Waals surface area contributed by atoms with Gasteiger partial charge in [0.25, 0.3) is 11.6 Å². The van der Waals surface area contributed by atoms with Crippen LogP contribution in [0.2, 0.25) is 0 Å². The zero-order valence-electron chi connectivity index (χ0n) is 18.4. The molecule has 0 saturated carbocycles. The van der Waals surface area contributed by atoms with Crippen LogP contribution >= 0.6 is 0 Å². The molecule has 0 saturated heterocycles. The van der Waals surface area contributed by atoms with Crippen molar-refractivity contribution < 1.29 is 23.6 Å². The Morgan fingerprint density at radius 2 is 1.79 bits per heavy atom. The van der Waals surface area contributed by atoms with Crippen molar-refractivity contribution in [1.82, 2.24) is 5.43 Å². The van der Waals surface area contributed by atoms with Gasteiger partial charge in [-0.25, -0.2) is 9.82 Å². The average Bonchev–Trinajstić information content (AvgIpc) is 2.83. The lowest BCUT2D eigenvalue weighted by Gasteiger charge is -2.12. The average molecular weight is 466 g/mol. The van der Waals surface area contributed by atoms with E-state index in [-0.39, 0.29) is 30.6 Å². The maximum atomic E-state index is 12.9. The van der Waals surface area contributed by atoms with Crippen LogP contribution in [-0.4, -0.2) is 30.2 Å². The van der Waals surface area contributed by atoms with Crippen molar-refractivity contribution in [3.05, 3.63) is 93.8 Å². The van der Waals surface area contributed by atoms with Crippen LogP contribution in [-0.2, 0) is 11.4 Å². The van der Waals surface area contributed by atoms with Crippen LogP contribution in [0.1, 0.15) is 18.1 Å². The second-order valence-corrected chi connectivity index (χ2v) is 7.01. The van der Waals surface area contributed by atoms with Gasteiger partial charge < -0.3 is 14.8 Å². The molecule has 176 valence electrons. The number of carbonyl (C=O) groups excluding carboxylic acids is 1. The Labute approximate surface area is 195 Å². The van der Waals surface area contributed by atoms with E-state index < -0.39 is 4.92 Å². The summed E-state index contributed by atoms with van der Waals surface area (Å²) in [7, 11) is 0. The van der Waals surface area contributed by atoms with Gasteiger partial charge in [-0.3, -0.25) is 14.9 Å². The first-order chi connectivity index (χ1) is 16.4. The third kappa shape index (κ3) is 7.30. The van der Waals surface area contributed by atoms with E-state index >= 15 is 0 Å². The fraction of sp³-hybridized carbons (Fsp3) is 0.167. The number of nitrogens with zero attached hydrogens (tertiary/aromatic N) is 2. The molecule has 0 spiro atoms. The Hall–Kier alpha value is -4.47. The molecule has 0 radical (unpaired) electrons. The number of amides is 1. The number of halogens is 1. The zero-order chi connectivity index (χ0) is 24.3. The van der Waals surface area contributed by atoms with Gasteiger partial charge in [-0.1, -0.05) is 0 Å². The summed E-state index contributed by atoms with van der Waals surface area (Å²) in [4.78, 5) is 22.2. The number of benzene rings is 3. The minimum absolute atomic E-state index is 0.0146. The standard InChI is InChI=1S/C24H23FN4O5/c1-2-33-23-13-18(14-27-28-24(30)15-26-20-8-6-19(25)7-9-20)5-12-22(23)34-16-17-3-10-21(11-4-17)29(31)32/h3-14,26H,2,15-16H2,1H3,(H,28,30)/b27-14-. The van der Waals surface area contributed by atoms with Gasteiger partial charge in [0.1, 0.15) is 12.4 Å². The molecule has 0 atom stereocenters. The molecule has 2 N–H and O–H groups in total. The highest BCUT2D eigenvalue weighted by Crippen LogP contribution is 2.29. The number of hydrogen-bond donors (Lipinski definition) is 2. The van der Waals surface area contributed by atoms with Crippen LogP contribution in [0.5, 0.6) is 11.5 Å². The fourth-order valence-corrected chi connectivity index (χ4v) is 2.84. The Balaban J connectivity index is 1.54. The molecule has 10 heteroatoms. The normalized spacial score (nSPS) is 10.6. The van der Waals surface area contributed by atoms with Gasteiger partial charge >= 0.3 is 0 Å². The molecule has 34 heavy (non-hydrogen) atoms. The summed E-state index contributed by atoms with van der Waals surface area (Å²) in [5, 5.41) is 17.6. The lowest BCUT2D eigenvalue weighted by atomic mass is 10.2. The van der Waals surface area contributed by atoms with E-state index in [4.69, 9.17) is 9.47 Å². The molecule has 0 unspecified atom stereocenters. The molecule has 9 nitrogen and oxygen atoms in total. The maximum Gasteiger partial charge on any atom is 0.269 e. The number of nitro benzene ring substituents is 1. The predicted molar refractivity (Wildman–Crippen MR) is 126 cm³/mol. The highest BCUT2D eigenvalue weighted by atomic mass is 19.1. The van der Waals surface area contributed by atoms with Crippen LogP contribution in [0, 0.1) is 15.9 Å². The molecule has 3 aromatic carbocycles. The van der Waals surface area contributed by atoms with Crippen molar-refractivity contribution in [3.8, 4) is 11.5 Å². The van der Waals surface area contributed by atoms with E-state index in [1.165, 1.54) is 42.6 Å². The van der Waals surface area contributed by atoms with Crippen LogP contribution in [0.3, 0.4) is 0 Å². The molecule has 0 aliphatic rings. The van der Waals surface area contributed by atoms with E-state index in [1.54, 1.807) is 30.3 Å². The van der Waals surface area contributed by atoms with Gasteiger partial charge in [0.15, 0.2) is 11.5 Å². The van der Waals surface area contributed by atoms with Gasteiger partial charge in [-0.2, -0.15) is 5.10 Å². The molecular formula is C24H23FN4O5. The first-order valence-corrected chi connectivity index (χ1v) is 10.4. The van der Waals surface area contributed by atoms with Crippen molar-refractivity contribution in [3.63, 3.8) is 0 Å². The first-order valence-electron chi connectivity index (χ1n) is 10.4. The van der Waals surface area contributed by atoms with Gasteiger partial charge in [0.2, 0.25) is 0 Å². The first kappa shape index (κ1) is 24.2. The molecule has 0 bridgehead atoms. The Bertz CT molecular complexity index is 1150. The second-order valence-electron chi connectivity index (χ2n) is 7.01. The molecule has 3 rings (SSSR count). The third-order valence-electron chi connectivity index (χ3n) is 4.51. The summed E-state index contributed by atoms with van der Waals surface area (Å²) in [6.07, 6.45) is 1.47. The Kier molecular flexibility index (Phi) is 8.50. The molecule has 0 heterocycles. The largest absolute Gasteiger partial charge is 0.490 e. The van der Waals surface area contributed by atoms with Crippen LogP contribution in [0.15, 0.2) is 71.8 Å². The lowest BCUT2D eigenvalue weighted by Crippen LogP contribution is -2.25. The highest BCUT2D eigenvalue weighted by molar-refractivity contribution is 5.84. The van der Waals surface area contributed by atoms with Crippen molar-refractivity contribution in [2.75, 3.05) is 18.5 Å². The summed E-state index contributed by atoms with van der Waals surface area (Å²) in [5.41, 5.74) is 4.50. The van der Waals surface area contributed by atoms with Crippen LogP contribution in [0.4, 0.5) is 15.8 Å². The minimum atomic E-state index is -0.456. The topological polar surface area (TPSA) is 115 Å². The van der Waals surface area contributed by atoms with Gasteiger partial charge in [-0.05, 0) is 72.6 Å². The number of rotatable bonds is 11. The van der Waals surface area contributed by atoms with Gasteiger partial charge in [0.05, 0.1) is 24.3 Å². The Morgan fingerprint density at radius 3 is 2.47 bits per heavy atom. The Morgan fingerprint density at radius 1 is 1.06 bits per heavy atom. The van der Waals surface area contributed by atoms with E-state index in [2.05, 4.69) is 15.8 Å². The quantitative estimate of drug-likeness (QED) is 0.248. The number of anilines is 1. The van der Waals surface area contributed by atoms with E-state index in [0.29, 0.717) is 29.4 Å². The monoisotopic (exact) mass is 466 g/mol. The lowest BCUT2D eigenvalue weighted by molar-refractivity contribution is -0.384. The maximum absolute atomic E-state index is 12.9. The molecule has 0 aliphatic heterocycles. The molecular weight excluding hydrogens is 443 g/mol. The van der Waals surface area contributed by atoms with Crippen molar-refractivity contribution in [1.29, 1.82) is 0 Å². The second kappa shape index (κ2) is 12.0. The molecule has 3 aromatic rings. The summed E-state index contributed by atoms with van der Waals surface area (Å²) < 4.78 is 24.4. The van der Waals surface area contributed by atoms with Crippen LogP contribution in [0.25, 0.3) is 0 Å².